The summed E-state index contributed by atoms with van der Waals surface area (Å²) in [7, 11) is 0. The smallest absolute Gasteiger partial charge is 0.151 e. The van der Waals surface area contributed by atoms with Crippen LogP contribution in [0.15, 0.2) is 28.7 Å². The van der Waals surface area contributed by atoms with Gasteiger partial charge in [-0.3, -0.25) is 4.79 Å². The molecule has 1 nitrogen and oxygen atoms in total. The maximum Gasteiger partial charge on any atom is 0.151 e. The molecular formula is C8H9BrO. The van der Waals surface area contributed by atoms with Gasteiger partial charge < -0.3 is 0 Å². The lowest BCUT2D eigenvalue weighted by atomic mass is 10.2. The van der Waals surface area contributed by atoms with Crippen LogP contribution in [0.1, 0.15) is 17.8 Å². The molecule has 0 saturated carbocycles. The van der Waals surface area contributed by atoms with E-state index in [1.54, 1.807) is 6.07 Å². The van der Waals surface area contributed by atoms with Gasteiger partial charge in [-0.1, -0.05) is 41.6 Å². The lowest BCUT2D eigenvalue weighted by Crippen LogP contribution is -1.78. The van der Waals surface area contributed by atoms with E-state index in [2.05, 4.69) is 15.9 Å². The second kappa shape index (κ2) is 4.23. The van der Waals surface area contributed by atoms with Gasteiger partial charge in [-0.05, 0) is 6.07 Å². The van der Waals surface area contributed by atoms with Crippen molar-refractivity contribution in [1.82, 2.24) is 0 Å². The van der Waals surface area contributed by atoms with Crippen molar-refractivity contribution in [1.29, 1.82) is 0 Å². The molecule has 0 spiro atoms. The maximum absolute atomic E-state index is 10.2. The van der Waals surface area contributed by atoms with Crippen LogP contribution in [0.4, 0.5) is 0 Å². The molecule has 2 heteroatoms. The van der Waals surface area contributed by atoms with Crippen LogP contribution in [0, 0.1) is 0 Å². The molecule has 54 valence electrons. The van der Waals surface area contributed by atoms with Crippen LogP contribution in [-0.2, 0) is 0 Å². The van der Waals surface area contributed by atoms with E-state index in [0.29, 0.717) is 5.56 Å². The molecule has 0 aliphatic carbocycles. The molecule has 10 heavy (non-hydrogen) atoms. The SMILES string of the molecule is C.O=Cc1ccccc1Br. The number of rotatable bonds is 1. The van der Waals surface area contributed by atoms with Crippen LogP contribution >= 0.6 is 15.9 Å². The largest absolute Gasteiger partial charge is 0.298 e. The van der Waals surface area contributed by atoms with E-state index in [0.717, 1.165) is 10.8 Å². The van der Waals surface area contributed by atoms with Crippen LogP contribution in [0.3, 0.4) is 0 Å². The van der Waals surface area contributed by atoms with Gasteiger partial charge in [0.2, 0.25) is 0 Å². The summed E-state index contributed by atoms with van der Waals surface area (Å²) in [5.41, 5.74) is 0.692. The Labute approximate surface area is 69.2 Å². The van der Waals surface area contributed by atoms with Crippen molar-refractivity contribution in [2.75, 3.05) is 0 Å². The van der Waals surface area contributed by atoms with Gasteiger partial charge in [-0.25, -0.2) is 0 Å². The monoisotopic (exact) mass is 200 g/mol. The molecule has 0 radical (unpaired) electrons. The zero-order chi connectivity index (χ0) is 6.69. The number of halogens is 1. The summed E-state index contributed by atoms with van der Waals surface area (Å²) >= 11 is 3.23. The highest BCUT2D eigenvalue weighted by molar-refractivity contribution is 9.10. The third-order valence-corrected chi connectivity index (χ3v) is 1.75. The Hall–Kier alpha value is -0.630. The Morgan fingerprint density at radius 1 is 1.30 bits per heavy atom. The summed E-state index contributed by atoms with van der Waals surface area (Å²) in [5, 5.41) is 0. The fourth-order valence-corrected chi connectivity index (χ4v) is 0.949. The predicted octanol–water partition coefficient (Wildman–Crippen LogP) is 2.90. The Morgan fingerprint density at radius 2 is 1.90 bits per heavy atom. The lowest BCUT2D eigenvalue weighted by molar-refractivity contribution is 0.112. The first-order valence-corrected chi connectivity index (χ1v) is 3.33. The topological polar surface area (TPSA) is 17.1 Å². The highest BCUT2D eigenvalue weighted by atomic mass is 79.9. The molecule has 0 atom stereocenters. The van der Waals surface area contributed by atoms with Crippen molar-refractivity contribution >= 4 is 22.2 Å². The molecular weight excluding hydrogens is 192 g/mol. The first-order valence-electron chi connectivity index (χ1n) is 2.54. The zero-order valence-electron chi connectivity index (χ0n) is 4.67. The molecule has 0 heterocycles. The van der Waals surface area contributed by atoms with E-state index in [-0.39, 0.29) is 7.43 Å². The minimum atomic E-state index is 0. The number of carbonyl (C=O) groups excluding carboxylic acids is 1. The maximum atomic E-state index is 10.2. The van der Waals surface area contributed by atoms with Crippen LogP contribution in [0.5, 0.6) is 0 Å². The third-order valence-electron chi connectivity index (χ3n) is 1.03. The molecule has 0 saturated heterocycles. The molecule has 0 amide bonds. The van der Waals surface area contributed by atoms with Gasteiger partial charge >= 0.3 is 0 Å². The fourth-order valence-electron chi connectivity index (χ4n) is 0.571. The molecule has 0 aliphatic rings. The molecule has 0 aliphatic heterocycles. The molecule has 0 bridgehead atoms. The number of carbonyl (C=O) groups is 1. The number of hydrogen-bond donors (Lipinski definition) is 0. The van der Waals surface area contributed by atoms with Crippen LogP contribution in [0.2, 0.25) is 0 Å². The van der Waals surface area contributed by atoms with Crippen LogP contribution in [-0.4, -0.2) is 6.29 Å². The van der Waals surface area contributed by atoms with Crippen molar-refractivity contribution < 1.29 is 4.79 Å². The second-order valence-electron chi connectivity index (χ2n) is 1.64. The van der Waals surface area contributed by atoms with Crippen molar-refractivity contribution in [3.8, 4) is 0 Å². The highest BCUT2D eigenvalue weighted by Crippen LogP contribution is 2.12. The van der Waals surface area contributed by atoms with Gasteiger partial charge in [-0.2, -0.15) is 0 Å². The van der Waals surface area contributed by atoms with Crippen molar-refractivity contribution in [3.05, 3.63) is 34.3 Å². The van der Waals surface area contributed by atoms with E-state index in [1.807, 2.05) is 18.2 Å². The summed E-state index contributed by atoms with van der Waals surface area (Å²) in [6.07, 6.45) is 0.823. The summed E-state index contributed by atoms with van der Waals surface area (Å²) in [5.74, 6) is 0. The normalized spacial score (nSPS) is 8.10. The van der Waals surface area contributed by atoms with E-state index < -0.39 is 0 Å². The lowest BCUT2D eigenvalue weighted by Gasteiger charge is -1.90. The highest BCUT2D eigenvalue weighted by Gasteiger charge is 1.92. The minimum Gasteiger partial charge on any atom is -0.298 e. The number of benzene rings is 1. The van der Waals surface area contributed by atoms with Crippen molar-refractivity contribution in [3.63, 3.8) is 0 Å². The molecule has 0 unspecified atom stereocenters. The number of aldehydes is 1. The minimum absolute atomic E-state index is 0. The Bertz CT molecular complexity index is 220. The second-order valence-corrected chi connectivity index (χ2v) is 2.49. The van der Waals surface area contributed by atoms with Gasteiger partial charge in [-0.15, -0.1) is 0 Å². The summed E-state index contributed by atoms with van der Waals surface area (Å²) in [6.45, 7) is 0. The first kappa shape index (κ1) is 9.37. The van der Waals surface area contributed by atoms with Gasteiger partial charge in [0.1, 0.15) is 0 Å². The standard InChI is InChI=1S/C7H5BrO.CH4/c8-7-4-2-1-3-6(7)5-9;/h1-5H;1H4. The zero-order valence-corrected chi connectivity index (χ0v) is 6.26. The molecule has 0 fully saturated rings. The average molecular weight is 201 g/mol. The number of hydrogen-bond acceptors (Lipinski definition) is 1. The quantitative estimate of drug-likeness (QED) is 0.638. The predicted molar refractivity (Wildman–Crippen MR) is 46.3 cm³/mol. The molecule has 1 rings (SSSR count). The summed E-state index contributed by atoms with van der Waals surface area (Å²) < 4.78 is 0.847. The van der Waals surface area contributed by atoms with Crippen molar-refractivity contribution in [2.45, 2.75) is 7.43 Å². The fraction of sp³-hybridized carbons (Fsp3) is 0.125. The van der Waals surface area contributed by atoms with E-state index >= 15 is 0 Å². The Balaban J connectivity index is 0.000000810. The Morgan fingerprint density at radius 3 is 2.30 bits per heavy atom. The third kappa shape index (κ3) is 1.95. The van der Waals surface area contributed by atoms with Gasteiger partial charge in [0.05, 0.1) is 0 Å². The average Bonchev–Trinajstić information content (AvgIpc) is 1.89. The summed E-state index contributed by atoms with van der Waals surface area (Å²) in [6, 6.07) is 7.30. The van der Waals surface area contributed by atoms with E-state index in [4.69, 9.17) is 0 Å². The molecule has 1 aromatic carbocycles. The van der Waals surface area contributed by atoms with E-state index in [9.17, 15) is 4.79 Å². The summed E-state index contributed by atoms with van der Waals surface area (Å²) in [4.78, 5) is 10.2. The van der Waals surface area contributed by atoms with Gasteiger partial charge in [0, 0.05) is 10.0 Å². The van der Waals surface area contributed by atoms with Crippen molar-refractivity contribution in [2.24, 2.45) is 0 Å². The molecule has 0 N–H and O–H groups in total. The first-order chi connectivity index (χ1) is 4.34. The van der Waals surface area contributed by atoms with Crippen LogP contribution in [0.25, 0.3) is 0 Å². The van der Waals surface area contributed by atoms with Gasteiger partial charge in [0.25, 0.3) is 0 Å². The molecule has 0 aromatic heterocycles. The molecule has 1 aromatic rings. The van der Waals surface area contributed by atoms with Crippen LogP contribution < -0.4 is 0 Å². The Kier molecular flexibility index (Phi) is 3.96. The van der Waals surface area contributed by atoms with Gasteiger partial charge in [0.15, 0.2) is 6.29 Å². The van der Waals surface area contributed by atoms with E-state index in [1.165, 1.54) is 0 Å².